The third-order valence-corrected chi connectivity index (χ3v) is 4.50. The van der Waals surface area contributed by atoms with E-state index in [9.17, 15) is 13.2 Å². The SMILES string of the molecule is CCN(C(C)COC)S(=O)(=O)CCCC(=O)O. The Balaban J connectivity index is 4.47. The van der Waals surface area contributed by atoms with Gasteiger partial charge in [-0.05, 0) is 13.3 Å². The zero-order valence-corrected chi connectivity index (χ0v) is 11.4. The minimum absolute atomic E-state index is 0.130. The fraction of sp³-hybridized carbons (Fsp3) is 0.900. The van der Waals surface area contributed by atoms with Crippen molar-refractivity contribution in [2.24, 2.45) is 0 Å². The van der Waals surface area contributed by atoms with Crippen LogP contribution in [0, 0.1) is 0 Å². The van der Waals surface area contributed by atoms with Gasteiger partial charge in [0.1, 0.15) is 0 Å². The Morgan fingerprint density at radius 1 is 1.47 bits per heavy atom. The highest BCUT2D eigenvalue weighted by Crippen LogP contribution is 2.10. The van der Waals surface area contributed by atoms with E-state index in [2.05, 4.69) is 0 Å². The number of carboxylic acids is 1. The van der Waals surface area contributed by atoms with Crippen molar-refractivity contribution < 1.29 is 23.1 Å². The molecule has 0 bridgehead atoms. The number of nitrogens with zero attached hydrogens (tertiary/aromatic N) is 1. The van der Waals surface area contributed by atoms with Crippen LogP contribution < -0.4 is 0 Å². The summed E-state index contributed by atoms with van der Waals surface area (Å²) in [7, 11) is -1.88. The number of methoxy groups -OCH3 is 1. The molecule has 0 aliphatic carbocycles. The molecule has 0 aliphatic heterocycles. The Morgan fingerprint density at radius 3 is 2.47 bits per heavy atom. The van der Waals surface area contributed by atoms with E-state index in [1.165, 1.54) is 11.4 Å². The summed E-state index contributed by atoms with van der Waals surface area (Å²) in [4.78, 5) is 10.3. The van der Waals surface area contributed by atoms with Gasteiger partial charge >= 0.3 is 5.97 Å². The van der Waals surface area contributed by atoms with Gasteiger partial charge in [-0.25, -0.2) is 8.42 Å². The first-order valence-corrected chi connectivity index (χ1v) is 7.16. The molecule has 1 N–H and O–H groups in total. The molecule has 0 aromatic carbocycles. The van der Waals surface area contributed by atoms with Gasteiger partial charge in [-0.15, -0.1) is 0 Å². The average molecular weight is 267 g/mol. The maximum absolute atomic E-state index is 11.9. The van der Waals surface area contributed by atoms with Crippen molar-refractivity contribution in [1.82, 2.24) is 4.31 Å². The van der Waals surface area contributed by atoms with Crippen molar-refractivity contribution in [3.05, 3.63) is 0 Å². The van der Waals surface area contributed by atoms with Crippen molar-refractivity contribution in [3.8, 4) is 0 Å². The van der Waals surface area contributed by atoms with Crippen LogP contribution in [0.15, 0.2) is 0 Å². The summed E-state index contributed by atoms with van der Waals surface area (Å²) in [5, 5.41) is 8.47. The van der Waals surface area contributed by atoms with Gasteiger partial charge in [-0.3, -0.25) is 4.79 Å². The summed E-state index contributed by atoms with van der Waals surface area (Å²) in [6, 6.07) is -0.236. The second-order valence-corrected chi connectivity index (χ2v) is 5.86. The molecule has 0 radical (unpaired) electrons. The van der Waals surface area contributed by atoms with Crippen LogP contribution in [-0.2, 0) is 19.6 Å². The standard InChI is InChI=1S/C10H21NO5S/c1-4-11(9(2)8-16-3)17(14,15)7-5-6-10(12)13/h9H,4-8H2,1-3H3,(H,12,13). The van der Waals surface area contributed by atoms with Crippen LogP contribution in [0.2, 0.25) is 0 Å². The van der Waals surface area contributed by atoms with Crippen molar-refractivity contribution in [1.29, 1.82) is 0 Å². The molecule has 6 nitrogen and oxygen atoms in total. The molecule has 0 fully saturated rings. The summed E-state index contributed by atoms with van der Waals surface area (Å²) in [5.41, 5.74) is 0. The molecule has 0 saturated heterocycles. The van der Waals surface area contributed by atoms with Crippen molar-refractivity contribution in [2.45, 2.75) is 32.7 Å². The monoisotopic (exact) mass is 267 g/mol. The predicted octanol–water partition coefficient (Wildman–Crippen LogP) is 0.538. The largest absolute Gasteiger partial charge is 0.481 e. The Labute approximate surface area is 103 Å². The van der Waals surface area contributed by atoms with Crippen LogP contribution in [0.1, 0.15) is 26.7 Å². The van der Waals surface area contributed by atoms with Gasteiger partial charge in [0, 0.05) is 26.1 Å². The van der Waals surface area contributed by atoms with E-state index in [4.69, 9.17) is 9.84 Å². The zero-order valence-electron chi connectivity index (χ0n) is 10.5. The van der Waals surface area contributed by atoms with Gasteiger partial charge < -0.3 is 9.84 Å². The summed E-state index contributed by atoms with van der Waals surface area (Å²) < 4.78 is 30.1. The maximum Gasteiger partial charge on any atom is 0.303 e. The van der Waals surface area contributed by atoms with Gasteiger partial charge in [0.05, 0.1) is 12.4 Å². The van der Waals surface area contributed by atoms with Crippen molar-refractivity contribution >= 4 is 16.0 Å². The van der Waals surface area contributed by atoms with Crippen LogP contribution in [0.25, 0.3) is 0 Å². The molecule has 0 saturated carbocycles. The smallest absolute Gasteiger partial charge is 0.303 e. The topological polar surface area (TPSA) is 83.9 Å². The highest BCUT2D eigenvalue weighted by atomic mass is 32.2. The van der Waals surface area contributed by atoms with E-state index < -0.39 is 16.0 Å². The average Bonchev–Trinajstić information content (AvgIpc) is 2.17. The number of rotatable bonds is 9. The Kier molecular flexibility index (Phi) is 7.33. The molecule has 1 atom stereocenters. The van der Waals surface area contributed by atoms with Gasteiger partial charge in [0.15, 0.2) is 0 Å². The first kappa shape index (κ1) is 16.3. The molecule has 0 amide bonds. The molecule has 17 heavy (non-hydrogen) atoms. The lowest BCUT2D eigenvalue weighted by Crippen LogP contribution is -2.42. The lowest BCUT2D eigenvalue weighted by atomic mass is 10.3. The van der Waals surface area contributed by atoms with E-state index in [-0.39, 0.29) is 24.6 Å². The van der Waals surface area contributed by atoms with Crippen LogP contribution >= 0.6 is 0 Å². The normalized spacial score (nSPS) is 13.9. The number of carbonyl (C=O) groups is 1. The van der Waals surface area contributed by atoms with Gasteiger partial charge in [-0.2, -0.15) is 4.31 Å². The number of sulfonamides is 1. The molecule has 0 aromatic heterocycles. The number of ether oxygens (including phenoxy) is 1. The molecule has 1 unspecified atom stereocenters. The number of hydrogen-bond acceptors (Lipinski definition) is 4. The Bertz CT molecular complexity index is 328. The predicted molar refractivity (Wildman–Crippen MR) is 64.4 cm³/mol. The molecule has 0 rings (SSSR count). The van der Waals surface area contributed by atoms with Crippen LogP contribution in [0.5, 0.6) is 0 Å². The molecule has 102 valence electrons. The second kappa shape index (κ2) is 7.62. The number of likely N-dealkylation sites (N-methyl/N-ethyl adjacent to an activating group) is 1. The third-order valence-electron chi connectivity index (χ3n) is 2.36. The number of carboxylic acid groups (broad SMARTS) is 1. The van der Waals surface area contributed by atoms with E-state index in [0.717, 1.165) is 0 Å². The molecule has 0 aromatic rings. The highest BCUT2D eigenvalue weighted by molar-refractivity contribution is 7.89. The first-order chi connectivity index (χ1) is 7.85. The van der Waals surface area contributed by atoms with E-state index in [1.54, 1.807) is 13.8 Å². The molecule has 7 heteroatoms. The fourth-order valence-electron chi connectivity index (χ4n) is 1.63. The fourth-order valence-corrected chi connectivity index (χ4v) is 3.38. The maximum atomic E-state index is 11.9. The second-order valence-electron chi connectivity index (χ2n) is 3.82. The first-order valence-electron chi connectivity index (χ1n) is 5.55. The summed E-state index contributed by atoms with van der Waals surface area (Å²) >= 11 is 0. The summed E-state index contributed by atoms with van der Waals surface area (Å²) in [5.74, 6) is -1.12. The Hall–Kier alpha value is -0.660. The molecule has 0 aliphatic rings. The van der Waals surface area contributed by atoms with Crippen LogP contribution in [-0.4, -0.2) is 55.9 Å². The lowest BCUT2D eigenvalue weighted by molar-refractivity contribution is -0.137. The van der Waals surface area contributed by atoms with E-state index >= 15 is 0 Å². The molecule has 0 heterocycles. The summed E-state index contributed by atoms with van der Waals surface area (Å²) in [6.45, 7) is 4.20. The number of hydrogen-bond donors (Lipinski definition) is 1. The third kappa shape index (κ3) is 5.99. The highest BCUT2D eigenvalue weighted by Gasteiger charge is 2.25. The van der Waals surface area contributed by atoms with E-state index in [1.807, 2.05) is 0 Å². The lowest BCUT2D eigenvalue weighted by Gasteiger charge is -2.26. The Morgan fingerprint density at radius 2 is 2.06 bits per heavy atom. The number of aliphatic carboxylic acids is 1. The van der Waals surface area contributed by atoms with Crippen LogP contribution in [0.4, 0.5) is 0 Å². The van der Waals surface area contributed by atoms with Gasteiger partial charge in [0.25, 0.3) is 0 Å². The minimum Gasteiger partial charge on any atom is -0.481 e. The van der Waals surface area contributed by atoms with E-state index in [0.29, 0.717) is 13.2 Å². The molecular formula is C10H21NO5S. The van der Waals surface area contributed by atoms with Gasteiger partial charge in [0.2, 0.25) is 10.0 Å². The molecular weight excluding hydrogens is 246 g/mol. The van der Waals surface area contributed by atoms with Crippen molar-refractivity contribution in [3.63, 3.8) is 0 Å². The quantitative estimate of drug-likeness (QED) is 0.659. The summed E-state index contributed by atoms with van der Waals surface area (Å²) in [6.07, 6.45) is 0.00329. The van der Waals surface area contributed by atoms with Crippen LogP contribution in [0.3, 0.4) is 0 Å². The van der Waals surface area contributed by atoms with Gasteiger partial charge in [-0.1, -0.05) is 6.92 Å². The zero-order chi connectivity index (χ0) is 13.5. The minimum atomic E-state index is -3.40. The molecule has 0 spiro atoms. The van der Waals surface area contributed by atoms with Crippen molar-refractivity contribution in [2.75, 3.05) is 26.0 Å².